The van der Waals surface area contributed by atoms with E-state index in [2.05, 4.69) is 13.8 Å². The number of nitrogens with two attached hydrogens (primary N) is 1. The second-order valence-electron chi connectivity index (χ2n) is 5.94. The monoisotopic (exact) mass is 269 g/mol. The van der Waals surface area contributed by atoms with Crippen LogP contribution in [0.15, 0.2) is 18.2 Å². The summed E-state index contributed by atoms with van der Waals surface area (Å²) >= 11 is 6.08. The van der Waals surface area contributed by atoms with Crippen molar-refractivity contribution in [2.24, 2.45) is 17.6 Å². The zero-order valence-corrected chi connectivity index (χ0v) is 11.8. The summed E-state index contributed by atoms with van der Waals surface area (Å²) in [4.78, 5) is 0. The molecule has 1 aliphatic rings. The van der Waals surface area contributed by atoms with Gasteiger partial charge in [-0.2, -0.15) is 0 Å². The fourth-order valence-electron chi connectivity index (χ4n) is 2.96. The Labute approximate surface area is 114 Å². The van der Waals surface area contributed by atoms with E-state index in [0.717, 1.165) is 19.3 Å². The van der Waals surface area contributed by atoms with Gasteiger partial charge in [-0.25, -0.2) is 4.39 Å². The van der Waals surface area contributed by atoms with Crippen molar-refractivity contribution in [2.45, 2.75) is 45.1 Å². The van der Waals surface area contributed by atoms with Crippen LogP contribution in [0.4, 0.5) is 4.39 Å². The zero-order valence-electron chi connectivity index (χ0n) is 11.0. The summed E-state index contributed by atoms with van der Waals surface area (Å²) in [6.45, 7) is 4.49. The van der Waals surface area contributed by atoms with Crippen LogP contribution in [0.2, 0.25) is 5.02 Å². The standard InChI is InChI=1S/C15H21ClFN/c1-10-6-7-15(18,8-11(10)2)9-12-13(16)4-3-5-14(12)17/h3-5,10-11H,6-9,18H2,1-2H3. The minimum absolute atomic E-state index is 0.237. The molecule has 1 aromatic rings. The summed E-state index contributed by atoms with van der Waals surface area (Å²) in [6.07, 6.45) is 3.54. The SMILES string of the molecule is CC1CCC(N)(Cc2c(F)cccc2Cl)CC1C. The molecule has 18 heavy (non-hydrogen) atoms. The summed E-state index contributed by atoms with van der Waals surface area (Å²) in [7, 11) is 0. The highest BCUT2D eigenvalue weighted by Gasteiger charge is 2.35. The van der Waals surface area contributed by atoms with E-state index in [0.29, 0.717) is 28.8 Å². The molecule has 0 aliphatic heterocycles. The Balaban J connectivity index is 2.18. The Morgan fingerprint density at radius 3 is 2.72 bits per heavy atom. The molecule has 0 radical (unpaired) electrons. The van der Waals surface area contributed by atoms with Crippen LogP contribution in [-0.4, -0.2) is 5.54 Å². The summed E-state index contributed by atoms with van der Waals surface area (Å²) in [5.74, 6) is 1.06. The number of benzene rings is 1. The predicted octanol–water partition coefficient (Wildman–Crippen LogP) is 4.18. The lowest BCUT2D eigenvalue weighted by molar-refractivity contribution is 0.175. The highest BCUT2D eigenvalue weighted by molar-refractivity contribution is 6.31. The van der Waals surface area contributed by atoms with Crippen molar-refractivity contribution in [3.63, 3.8) is 0 Å². The molecule has 0 spiro atoms. The van der Waals surface area contributed by atoms with Gasteiger partial charge in [0.05, 0.1) is 0 Å². The first-order valence-corrected chi connectivity index (χ1v) is 7.01. The van der Waals surface area contributed by atoms with Gasteiger partial charge in [-0.1, -0.05) is 31.5 Å². The van der Waals surface area contributed by atoms with Crippen molar-refractivity contribution < 1.29 is 4.39 Å². The smallest absolute Gasteiger partial charge is 0.127 e. The lowest BCUT2D eigenvalue weighted by Crippen LogP contribution is -2.47. The fourth-order valence-corrected chi connectivity index (χ4v) is 3.19. The van der Waals surface area contributed by atoms with Crippen LogP contribution in [-0.2, 0) is 6.42 Å². The first-order chi connectivity index (χ1) is 8.41. The quantitative estimate of drug-likeness (QED) is 0.857. The maximum atomic E-state index is 13.8. The molecule has 0 heterocycles. The zero-order chi connectivity index (χ0) is 13.3. The Bertz CT molecular complexity index is 414. The average molecular weight is 270 g/mol. The summed E-state index contributed by atoms with van der Waals surface area (Å²) in [6, 6.07) is 4.83. The van der Waals surface area contributed by atoms with Gasteiger partial charge in [0, 0.05) is 16.1 Å². The molecule has 0 aromatic heterocycles. The second kappa shape index (κ2) is 5.18. The van der Waals surface area contributed by atoms with Gasteiger partial charge in [-0.15, -0.1) is 0 Å². The molecule has 1 aliphatic carbocycles. The van der Waals surface area contributed by atoms with Crippen LogP contribution >= 0.6 is 11.6 Å². The summed E-state index contributed by atoms with van der Waals surface area (Å²) in [5.41, 5.74) is 6.72. The van der Waals surface area contributed by atoms with Gasteiger partial charge in [-0.05, 0) is 49.7 Å². The largest absolute Gasteiger partial charge is 0.325 e. The van der Waals surface area contributed by atoms with E-state index in [1.54, 1.807) is 12.1 Å². The topological polar surface area (TPSA) is 26.0 Å². The van der Waals surface area contributed by atoms with Crippen molar-refractivity contribution >= 4 is 11.6 Å². The molecule has 1 nitrogen and oxygen atoms in total. The third-order valence-corrected chi connectivity index (χ3v) is 4.74. The molecule has 100 valence electrons. The lowest BCUT2D eigenvalue weighted by atomic mass is 9.69. The second-order valence-corrected chi connectivity index (χ2v) is 6.34. The van der Waals surface area contributed by atoms with E-state index in [1.165, 1.54) is 6.07 Å². The van der Waals surface area contributed by atoms with Gasteiger partial charge in [0.1, 0.15) is 5.82 Å². The first-order valence-electron chi connectivity index (χ1n) is 6.63. The van der Waals surface area contributed by atoms with Gasteiger partial charge in [0.15, 0.2) is 0 Å². The molecule has 3 atom stereocenters. The van der Waals surface area contributed by atoms with E-state index in [4.69, 9.17) is 17.3 Å². The third-order valence-electron chi connectivity index (χ3n) is 4.39. The Morgan fingerprint density at radius 1 is 1.39 bits per heavy atom. The van der Waals surface area contributed by atoms with Gasteiger partial charge in [0.2, 0.25) is 0 Å². The van der Waals surface area contributed by atoms with Crippen molar-refractivity contribution in [3.8, 4) is 0 Å². The third kappa shape index (κ3) is 2.86. The van der Waals surface area contributed by atoms with Crippen LogP contribution in [0.25, 0.3) is 0 Å². The molecule has 1 aromatic carbocycles. The van der Waals surface area contributed by atoms with Crippen LogP contribution in [0.3, 0.4) is 0 Å². The normalized spacial score (nSPS) is 32.5. The summed E-state index contributed by atoms with van der Waals surface area (Å²) in [5, 5.41) is 0.492. The molecule has 3 heteroatoms. The molecule has 3 unspecified atom stereocenters. The van der Waals surface area contributed by atoms with E-state index >= 15 is 0 Å². The maximum absolute atomic E-state index is 13.8. The van der Waals surface area contributed by atoms with E-state index < -0.39 is 0 Å². The molecule has 2 N–H and O–H groups in total. The van der Waals surface area contributed by atoms with Crippen molar-refractivity contribution in [1.29, 1.82) is 0 Å². The summed E-state index contributed by atoms with van der Waals surface area (Å²) < 4.78 is 13.8. The molecular formula is C15H21ClFN. The highest BCUT2D eigenvalue weighted by atomic mass is 35.5. The van der Waals surface area contributed by atoms with Crippen LogP contribution in [0.1, 0.15) is 38.7 Å². The Kier molecular flexibility index (Phi) is 3.98. The molecule has 0 amide bonds. The van der Waals surface area contributed by atoms with Gasteiger partial charge in [-0.3, -0.25) is 0 Å². The van der Waals surface area contributed by atoms with E-state index in [1.807, 2.05) is 0 Å². The lowest BCUT2D eigenvalue weighted by Gasteiger charge is -2.40. The van der Waals surface area contributed by atoms with E-state index in [9.17, 15) is 4.39 Å². The van der Waals surface area contributed by atoms with Crippen molar-refractivity contribution in [1.82, 2.24) is 0 Å². The van der Waals surface area contributed by atoms with Gasteiger partial charge < -0.3 is 5.73 Å². The minimum Gasteiger partial charge on any atom is -0.325 e. The first kappa shape index (κ1) is 13.8. The molecular weight excluding hydrogens is 249 g/mol. The van der Waals surface area contributed by atoms with Crippen LogP contribution in [0.5, 0.6) is 0 Å². The predicted molar refractivity (Wildman–Crippen MR) is 74.2 cm³/mol. The molecule has 0 saturated heterocycles. The minimum atomic E-state index is -0.308. The van der Waals surface area contributed by atoms with E-state index in [-0.39, 0.29) is 11.4 Å². The Morgan fingerprint density at radius 2 is 2.11 bits per heavy atom. The fraction of sp³-hybridized carbons (Fsp3) is 0.600. The van der Waals surface area contributed by atoms with Gasteiger partial charge >= 0.3 is 0 Å². The van der Waals surface area contributed by atoms with Crippen molar-refractivity contribution in [2.75, 3.05) is 0 Å². The van der Waals surface area contributed by atoms with Crippen LogP contribution in [0, 0.1) is 17.7 Å². The maximum Gasteiger partial charge on any atom is 0.127 e. The van der Waals surface area contributed by atoms with Gasteiger partial charge in [0.25, 0.3) is 0 Å². The van der Waals surface area contributed by atoms with Crippen LogP contribution < -0.4 is 5.73 Å². The Hall–Kier alpha value is -0.600. The molecule has 1 fully saturated rings. The highest BCUT2D eigenvalue weighted by Crippen LogP contribution is 2.37. The average Bonchev–Trinajstić information content (AvgIpc) is 2.30. The molecule has 2 rings (SSSR count). The number of halogens is 2. The van der Waals surface area contributed by atoms with Crippen molar-refractivity contribution in [3.05, 3.63) is 34.6 Å². The molecule has 1 saturated carbocycles. The molecule has 0 bridgehead atoms. The number of rotatable bonds is 2. The number of hydrogen-bond donors (Lipinski definition) is 1. The number of hydrogen-bond acceptors (Lipinski definition) is 1.